The summed E-state index contributed by atoms with van der Waals surface area (Å²) in [4.78, 5) is 10.2. The molecule has 126 valence electrons. The maximum absolute atomic E-state index is 12.9. The first kappa shape index (κ1) is 17.5. The number of carboxylic acids is 1. The van der Waals surface area contributed by atoms with Crippen molar-refractivity contribution in [2.24, 2.45) is 5.92 Å². The molecule has 0 amide bonds. The van der Waals surface area contributed by atoms with Crippen molar-refractivity contribution >= 4 is 16.0 Å². The number of allylic oxidation sites excluding steroid dienone is 1. The molecule has 0 aromatic heterocycles. The van der Waals surface area contributed by atoms with E-state index in [-0.39, 0.29) is 6.54 Å². The van der Waals surface area contributed by atoms with Gasteiger partial charge in [-0.05, 0) is 37.0 Å². The Kier molecular flexibility index (Phi) is 4.81. The lowest BCUT2D eigenvalue weighted by Gasteiger charge is -2.12. The number of carbonyl (C=O) groups is 1. The Morgan fingerprint density at radius 2 is 2.00 bits per heavy atom. The van der Waals surface area contributed by atoms with Crippen LogP contribution in [0.4, 0.5) is 13.2 Å². The van der Waals surface area contributed by atoms with Gasteiger partial charge in [0.05, 0.1) is 16.0 Å². The Morgan fingerprint density at radius 1 is 1.35 bits per heavy atom. The first-order valence-electron chi connectivity index (χ1n) is 6.72. The molecule has 0 heterocycles. The minimum atomic E-state index is -4.97. The van der Waals surface area contributed by atoms with Gasteiger partial charge in [-0.2, -0.15) is 13.2 Å². The Morgan fingerprint density at radius 3 is 2.52 bits per heavy atom. The lowest BCUT2D eigenvalue weighted by molar-refractivity contribution is -0.138. The zero-order valence-corrected chi connectivity index (χ0v) is 12.6. The third kappa shape index (κ3) is 4.55. The van der Waals surface area contributed by atoms with Crippen molar-refractivity contribution in [1.29, 1.82) is 0 Å². The van der Waals surface area contributed by atoms with E-state index in [0.29, 0.717) is 18.1 Å². The highest BCUT2D eigenvalue weighted by atomic mass is 32.2. The molecule has 0 unspecified atom stereocenters. The van der Waals surface area contributed by atoms with Crippen molar-refractivity contribution in [3.63, 3.8) is 0 Å². The van der Waals surface area contributed by atoms with Gasteiger partial charge in [0, 0.05) is 6.54 Å². The van der Waals surface area contributed by atoms with Gasteiger partial charge < -0.3 is 5.11 Å². The first-order valence-corrected chi connectivity index (χ1v) is 8.20. The number of rotatable bonds is 6. The number of halogens is 3. The summed E-state index contributed by atoms with van der Waals surface area (Å²) in [5.74, 6) is -1.33. The van der Waals surface area contributed by atoms with Gasteiger partial charge in [0.25, 0.3) is 0 Å². The molecule has 23 heavy (non-hydrogen) atoms. The van der Waals surface area contributed by atoms with E-state index in [4.69, 9.17) is 5.11 Å². The van der Waals surface area contributed by atoms with Gasteiger partial charge in [-0.3, -0.25) is 0 Å². The van der Waals surface area contributed by atoms with Crippen LogP contribution in [-0.4, -0.2) is 26.0 Å². The van der Waals surface area contributed by atoms with E-state index in [0.717, 1.165) is 18.9 Å². The van der Waals surface area contributed by atoms with Crippen LogP contribution in [0.2, 0.25) is 0 Å². The van der Waals surface area contributed by atoms with E-state index < -0.39 is 38.2 Å². The zero-order chi connectivity index (χ0) is 17.3. The van der Waals surface area contributed by atoms with Crippen molar-refractivity contribution in [2.45, 2.75) is 23.9 Å². The highest BCUT2D eigenvalue weighted by Gasteiger charge is 2.36. The van der Waals surface area contributed by atoms with Crippen LogP contribution in [0.25, 0.3) is 0 Å². The summed E-state index contributed by atoms with van der Waals surface area (Å²) in [7, 11) is -4.16. The fraction of sp³-hybridized carbons (Fsp3) is 0.357. The summed E-state index contributed by atoms with van der Waals surface area (Å²) in [5, 5.41) is 8.78. The number of carboxylic acid groups (broad SMARTS) is 1. The van der Waals surface area contributed by atoms with Crippen molar-refractivity contribution in [3.05, 3.63) is 41.5 Å². The second-order valence-electron chi connectivity index (χ2n) is 5.13. The van der Waals surface area contributed by atoms with Crippen LogP contribution in [-0.2, 0) is 16.2 Å². The third-order valence-corrected chi connectivity index (χ3v) is 4.68. The Balaban J connectivity index is 2.25. The largest absolute Gasteiger partial charge is 0.478 e. The van der Waals surface area contributed by atoms with E-state index >= 15 is 0 Å². The lowest BCUT2D eigenvalue weighted by Crippen LogP contribution is -2.25. The van der Waals surface area contributed by atoms with E-state index in [1.165, 1.54) is 0 Å². The highest BCUT2D eigenvalue weighted by Crippen LogP contribution is 2.33. The summed E-state index contributed by atoms with van der Waals surface area (Å²) in [6, 6.07) is 1.81. The van der Waals surface area contributed by atoms with Crippen LogP contribution in [0.1, 0.15) is 28.8 Å². The average molecular weight is 349 g/mol. The summed E-state index contributed by atoms with van der Waals surface area (Å²) < 4.78 is 64.8. The van der Waals surface area contributed by atoms with Gasteiger partial charge >= 0.3 is 12.1 Å². The minimum absolute atomic E-state index is 0.0408. The number of aromatic carboxylic acids is 1. The van der Waals surface area contributed by atoms with Gasteiger partial charge in [-0.15, -0.1) is 0 Å². The fourth-order valence-corrected chi connectivity index (χ4v) is 2.90. The van der Waals surface area contributed by atoms with Gasteiger partial charge in [-0.1, -0.05) is 12.2 Å². The smallest absolute Gasteiger partial charge is 0.417 e. The number of alkyl halides is 3. The second-order valence-corrected chi connectivity index (χ2v) is 6.89. The minimum Gasteiger partial charge on any atom is -0.478 e. The normalized spacial score (nSPS) is 16.0. The van der Waals surface area contributed by atoms with Crippen LogP contribution < -0.4 is 4.72 Å². The fourth-order valence-electron chi connectivity index (χ4n) is 1.90. The van der Waals surface area contributed by atoms with Crippen LogP contribution in [0.5, 0.6) is 0 Å². The molecule has 2 rings (SSSR count). The third-order valence-electron chi connectivity index (χ3n) is 3.26. The molecule has 1 aromatic carbocycles. The molecule has 1 aliphatic carbocycles. The quantitative estimate of drug-likeness (QED) is 0.774. The molecular weight excluding hydrogens is 335 g/mol. The summed E-state index contributed by atoms with van der Waals surface area (Å²) in [6.07, 6.45) is 0.581. The first-order chi connectivity index (χ1) is 10.6. The van der Waals surface area contributed by atoms with Crippen LogP contribution >= 0.6 is 0 Å². The van der Waals surface area contributed by atoms with E-state index in [9.17, 15) is 26.4 Å². The van der Waals surface area contributed by atoms with Crippen LogP contribution in [0.15, 0.2) is 35.2 Å². The SMILES string of the molecule is O=C(O)c1ccc(S(=O)(=O)NCC=CC2CC2)cc1C(F)(F)F. The molecule has 1 aliphatic rings. The standard InChI is InChI=1S/C14H14F3NO4S/c15-14(16,17)12-8-10(5-6-11(12)13(19)20)23(21,22)18-7-1-2-9-3-4-9/h1-2,5-6,8-9,18H,3-4,7H2,(H,19,20). The molecule has 0 aliphatic heterocycles. The van der Waals surface area contributed by atoms with Crippen LogP contribution in [0, 0.1) is 5.92 Å². The second kappa shape index (κ2) is 6.32. The highest BCUT2D eigenvalue weighted by molar-refractivity contribution is 7.89. The summed E-state index contributed by atoms with van der Waals surface area (Å²) in [6.45, 7) is -0.0408. The molecule has 1 fully saturated rings. The molecule has 0 bridgehead atoms. The number of hydrogen-bond donors (Lipinski definition) is 2. The molecule has 0 spiro atoms. The lowest BCUT2D eigenvalue weighted by atomic mass is 10.1. The van der Waals surface area contributed by atoms with Gasteiger partial charge in [0.15, 0.2) is 0 Å². The molecular formula is C14H14F3NO4S. The topological polar surface area (TPSA) is 83.5 Å². The predicted octanol–water partition coefficient (Wildman–Crippen LogP) is 2.65. The Hall–Kier alpha value is -1.87. The Labute approximate surface area is 130 Å². The number of benzene rings is 1. The number of nitrogens with one attached hydrogen (secondary N) is 1. The monoisotopic (exact) mass is 349 g/mol. The van der Waals surface area contributed by atoms with Gasteiger partial charge in [0.1, 0.15) is 0 Å². The van der Waals surface area contributed by atoms with Crippen molar-refractivity contribution in [3.8, 4) is 0 Å². The molecule has 2 N–H and O–H groups in total. The predicted molar refractivity (Wildman–Crippen MR) is 75.5 cm³/mol. The molecule has 0 atom stereocenters. The van der Waals surface area contributed by atoms with Crippen molar-refractivity contribution < 1.29 is 31.5 Å². The van der Waals surface area contributed by atoms with E-state index in [2.05, 4.69) is 4.72 Å². The average Bonchev–Trinajstić information content (AvgIpc) is 3.26. The zero-order valence-electron chi connectivity index (χ0n) is 11.8. The number of hydrogen-bond acceptors (Lipinski definition) is 3. The molecule has 5 nitrogen and oxygen atoms in total. The van der Waals surface area contributed by atoms with Crippen molar-refractivity contribution in [2.75, 3.05) is 6.54 Å². The molecule has 0 radical (unpaired) electrons. The van der Waals surface area contributed by atoms with E-state index in [1.807, 2.05) is 6.08 Å². The van der Waals surface area contributed by atoms with E-state index in [1.54, 1.807) is 6.08 Å². The molecule has 1 saturated carbocycles. The molecule has 9 heteroatoms. The van der Waals surface area contributed by atoms with Crippen LogP contribution in [0.3, 0.4) is 0 Å². The summed E-state index contributed by atoms with van der Waals surface area (Å²) >= 11 is 0. The number of sulfonamides is 1. The summed E-state index contributed by atoms with van der Waals surface area (Å²) in [5.41, 5.74) is -2.49. The molecule has 1 aromatic rings. The Bertz CT molecular complexity index is 737. The van der Waals surface area contributed by atoms with Crippen molar-refractivity contribution in [1.82, 2.24) is 4.72 Å². The van der Waals surface area contributed by atoms with Gasteiger partial charge in [0.2, 0.25) is 10.0 Å². The van der Waals surface area contributed by atoms with Gasteiger partial charge in [-0.25, -0.2) is 17.9 Å². The molecule has 0 saturated heterocycles. The maximum Gasteiger partial charge on any atom is 0.417 e. The maximum atomic E-state index is 12.9.